The molecule has 0 fully saturated rings. The highest BCUT2D eigenvalue weighted by atomic mass is 32.1. The molecule has 9 heteroatoms. The average Bonchev–Trinajstić information content (AvgIpc) is 2.87. The predicted molar refractivity (Wildman–Crippen MR) is 64.0 cm³/mol. The second-order valence-electron chi connectivity index (χ2n) is 3.48. The van der Waals surface area contributed by atoms with Crippen LogP contribution in [0.1, 0.15) is 16.5 Å². The van der Waals surface area contributed by atoms with E-state index in [1.807, 2.05) is 12.3 Å². The highest BCUT2D eigenvalue weighted by Crippen LogP contribution is 2.28. The Kier molecular flexibility index (Phi) is 3.81. The van der Waals surface area contributed by atoms with E-state index in [0.29, 0.717) is 24.5 Å². The number of nitrogens with one attached hydrogen (secondary N) is 1. The molecule has 0 aliphatic rings. The first-order valence-corrected chi connectivity index (χ1v) is 6.66. The Balaban J connectivity index is 1.85. The van der Waals surface area contributed by atoms with Gasteiger partial charge in [-0.3, -0.25) is 0 Å². The summed E-state index contributed by atoms with van der Waals surface area (Å²) in [6.45, 7) is 2.38. The lowest BCUT2D eigenvalue weighted by Crippen LogP contribution is -2.08. The van der Waals surface area contributed by atoms with Crippen LogP contribution in [-0.4, -0.2) is 20.9 Å². The molecule has 0 radical (unpaired) electrons. The van der Waals surface area contributed by atoms with Crippen molar-refractivity contribution in [2.75, 3.05) is 11.9 Å². The Morgan fingerprint density at radius 1 is 1.33 bits per heavy atom. The molecule has 0 bridgehead atoms. The molecule has 0 aliphatic carbocycles. The van der Waals surface area contributed by atoms with Gasteiger partial charge in [0.25, 0.3) is 0 Å². The van der Waals surface area contributed by atoms with E-state index in [0.717, 1.165) is 10.7 Å². The lowest BCUT2D eigenvalue weighted by molar-refractivity contribution is -0.144. The molecule has 0 saturated heterocycles. The van der Waals surface area contributed by atoms with Gasteiger partial charge in [-0.25, -0.2) is 4.98 Å². The number of rotatable bonds is 4. The van der Waals surface area contributed by atoms with E-state index in [4.69, 9.17) is 0 Å². The maximum atomic E-state index is 12.2. The number of hydrogen-bond acceptors (Lipinski definition) is 6. The van der Waals surface area contributed by atoms with E-state index in [1.165, 1.54) is 11.3 Å². The summed E-state index contributed by atoms with van der Waals surface area (Å²) >= 11 is 2.24. The summed E-state index contributed by atoms with van der Waals surface area (Å²) in [7, 11) is 0. The summed E-state index contributed by atoms with van der Waals surface area (Å²) in [4.78, 5) is 7.62. The number of aryl methyl sites for hydroxylation is 1. The van der Waals surface area contributed by atoms with E-state index in [-0.39, 0.29) is 5.13 Å². The Bertz CT molecular complexity index is 520. The van der Waals surface area contributed by atoms with Crippen molar-refractivity contribution in [1.82, 2.24) is 14.3 Å². The van der Waals surface area contributed by atoms with Gasteiger partial charge in [0.15, 0.2) is 0 Å². The number of thiazole rings is 1. The molecule has 2 heterocycles. The van der Waals surface area contributed by atoms with Gasteiger partial charge in [0, 0.05) is 35.6 Å². The first-order valence-electron chi connectivity index (χ1n) is 5.01. The highest BCUT2D eigenvalue weighted by Gasteiger charge is 2.36. The third-order valence-corrected chi connectivity index (χ3v) is 3.66. The zero-order valence-corrected chi connectivity index (χ0v) is 10.9. The van der Waals surface area contributed by atoms with Gasteiger partial charge in [-0.1, -0.05) is 0 Å². The minimum Gasteiger partial charge on any atom is -0.360 e. The maximum absolute atomic E-state index is 12.2. The minimum atomic E-state index is -4.48. The predicted octanol–water partition coefficient (Wildman–Crippen LogP) is 2.98. The fourth-order valence-corrected chi connectivity index (χ4v) is 2.59. The molecule has 4 nitrogen and oxygen atoms in total. The van der Waals surface area contributed by atoms with Gasteiger partial charge in [0.2, 0.25) is 11.0 Å². The summed E-state index contributed by atoms with van der Waals surface area (Å²) in [5.41, 5.74) is 0.949. The minimum absolute atomic E-state index is 0.176. The quantitative estimate of drug-likeness (QED) is 0.942. The third kappa shape index (κ3) is 3.39. The van der Waals surface area contributed by atoms with Crippen molar-refractivity contribution < 1.29 is 13.2 Å². The van der Waals surface area contributed by atoms with Crippen molar-refractivity contribution in [3.63, 3.8) is 0 Å². The zero-order valence-electron chi connectivity index (χ0n) is 9.28. The van der Waals surface area contributed by atoms with Gasteiger partial charge in [-0.05, 0) is 6.92 Å². The van der Waals surface area contributed by atoms with Crippen LogP contribution in [0.3, 0.4) is 0 Å². The first kappa shape index (κ1) is 13.2. The van der Waals surface area contributed by atoms with E-state index < -0.39 is 12.0 Å². The number of alkyl halides is 3. The summed E-state index contributed by atoms with van der Waals surface area (Å²) in [5.74, 6) is -1.10. The summed E-state index contributed by atoms with van der Waals surface area (Å²) < 4.78 is 40.0. The fourth-order valence-electron chi connectivity index (χ4n) is 1.20. The molecule has 2 rings (SSSR count). The van der Waals surface area contributed by atoms with Crippen molar-refractivity contribution in [2.45, 2.75) is 19.5 Å². The summed E-state index contributed by atoms with van der Waals surface area (Å²) in [6, 6.07) is 0. The van der Waals surface area contributed by atoms with Crippen molar-refractivity contribution in [2.24, 2.45) is 0 Å². The van der Waals surface area contributed by atoms with Gasteiger partial charge in [-0.2, -0.15) is 22.5 Å². The average molecular weight is 294 g/mol. The Morgan fingerprint density at radius 3 is 2.67 bits per heavy atom. The standard InChI is InChI=1S/C9H9F3N4S2/c1-5-4-17-6(14-5)2-3-13-8-15-7(16-18-8)9(10,11)12/h4H,2-3H2,1H3,(H,13,15,16). The fraction of sp³-hybridized carbons (Fsp3) is 0.444. The van der Waals surface area contributed by atoms with Crippen molar-refractivity contribution in [3.05, 3.63) is 21.9 Å². The molecule has 0 aromatic carbocycles. The number of aromatic nitrogens is 3. The molecule has 0 unspecified atom stereocenters. The lowest BCUT2D eigenvalue weighted by atomic mass is 10.4. The molecular formula is C9H9F3N4S2. The van der Waals surface area contributed by atoms with Crippen molar-refractivity contribution >= 4 is 28.0 Å². The van der Waals surface area contributed by atoms with Crippen molar-refractivity contribution in [3.8, 4) is 0 Å². The monoisotopic (exact) mass is 294 g/mol. The normalized spacial score (nSPS) is 11.8. The maximum Gasteiger partial charge on any atom is 0.452 e. The largest absolute Gasteiger partial charge is 0.452 e. The second kappa shape index (κ2) is 5.19. The second-order valence-corrected chi connectivity index (χ2v) is 5.17. The number of halogens is 3. The topological polar surface area (TPSA) is 50.7 Å². The molecular weight excluding hydrogens is 285 g/mol. The molecule has 98 valence electrons. The van der Waals surface area contributed by atoms with E-state index in [1.54, 1.807) is 0 Å². The van der Waals surface area contributed by atoms with Crippen LogP contribution in [0.25, 0.3) is 0 Å². The molecule has 18 heavy (non-hydrogen) atoms. The van der Waals surface area contributed by atoms with Gasteiger partial charge in [-0.15, -0.1) is 11.3 Å². The van der Waals surface area contributed by atoms with Crippen LogP contribution in [0.4, 0.5) is 18.3 Å². The van der Waals surface area contributed by atoms with Gasteiger partial charge in [0.1, 0.15) is 0 Å². The number of anilines is 1. The number of nitrogens with zero attached hydrogens (tertiary/aromatic N) is 3. The Morgan fingerprint density at radius 2 is 2.11 bits per heavy atom. The van der Waals surface area contributed by atoms with Crippen molar-refractivity contribution in [1.29, 1.82) is 0 Å². The summed E-state index contributed by atoms with van der Waals surface area (Å²) in [5, 5.41) is 5.86. The highest BCUT2D eigenvalue weighted by molar-refractivity contribution is 7.10. The van der Waals surface area contributed by atoms with E-state index >= 15 is 0 Å². The van der Waals surface area contributed by atoms with Gasteiger partial charge >= 0.3 is 6.18 Å². The van der Waals surface area contributed by atoms with Gasteiger partial charge in [0.05, 0.1) is 5.01 Å². The molecule has 0 spiro atoms. The van der Waals surface area contributed by atoms with Crippen LogP contribution in [-0.2, 0) is 12.6 Å². The first-order chi connectivity index (χ1) is 8.45. The molecule has 0 saturated carbocycles. The van der Waals surface area contributed by atoms with Crippen LogP contribution in [0.15, 0.2) is 5.38 Å². The van der Waals surface area contributed by atoms with Crippen LogP contribution >= 0.6 is 22.9 Å². The molecule has 0 atom stereocenters. The van der Waals surface area contributed by atoms with Crippen LogP contribution in [0.2, 0.25) is 0 Å². The van der Waals surface area contributed by atoms with Gasteiger partial charge < -0.3 is 5.32 Å². The van der Waals surface area contributed by atoms with E-state index in [2.05, 4.69) is 19.7 Å². The molecule has 2 aromatic rings. The molecule has 0 aliphatic heterocycles. The zero-order chi connectivity index (χ0) is 13.2. The molecule has 2 aromatic heterocycles. The number of hydrogen-bond donors (Lipinski definition) is 1. The Labute approximate surface area is 109 Å². The Hall–Kier alpha value is -1.22. The lowest BCUT2D eigenvalue weighted by Gasteiger charge is -2.00. The molecule has 1 N–H and O–H groups in total. The SMILES string of the molecule is Cc1csc(CCNc2nc(C(F)(F)F)ns2)n1. The smallest absolute Gasteiger partial charge is 0.360 e. The molecule has 0 amide bonds. The summed E-state index contributed by atoms with van der Waals surface area (Å²) in [6.07, 6.45) is -3.83. The van der Waals surface area contributed by atoms with E-state index in [9.17, 15) is 13.2 Å². The van der Waals surface area contributed by atoms with Crippen LogP contribution in [0, 0.1) is 6.92 Å². The van der Waals surface area contributed by atoms with Crippen LogP contribution < -0.4 is 5.32 Å². The third-order valence-electron chi connectivity index (χ3n) is 1.96. The van der Waals surface area contributed by atoms with Crippen LogP contribution in [0.5, 0.6) is 0 Å².